The molecule has 2 aromatic rings. The van der Waals surface area contributed by atoms with Gasteiger partial charge in [-0.3, -0.25) is 0 Å². The number of nitrogens with one attached hydrogen (secondary N) is 1. The molecule has 0 aliphatic carbocycles. The molecule has 0 radical (unpaired) electrons. The van der Waals surface area contributed by atoms with Gasteiger partial charge in [-0.1, -0.05) is 49.9 Å². The first kappa shape index (κ1) is 15.5. The van der Waals surface area contributed by atoms with E-state index in [9.17, 15) is 0 Å². The topological polar surface area (TPSA) is 24.9 Å². The van der Waals surface area contributed by atoms with E-state index in [1.165, 1.54) is 11.1 Å². The summed E-state index contributed by atoms with van der Waals surface area (Å²) in [5.41, 5.74) is 2.77. The summed E-state index contributed by atoms with van der Waals surface area (Å²) < 4.78 is 1.14. The predicted octanol–water partition coefficient (Wildman–Crippen LogP) is 4.39. The molecule has 1 heterocycles. The molecule has 20 heavy (non-hydrogen) atoms. The highest BCUT2D eigenvalue weighted by molar-refractivity contribution is 8.01. The Morgan fingerprint density at radius 2 is 2.00 bits per heavy atom. The van der Waals surface area contributed by atoms with Crippen LogP contribution >= 0.6 is 23.1 Å². The van der Waals surface area contributed by atoms with Gasteiger partial charge in [-0.15, -0.1) is 11.3 Å². The zero-order valence-electron chi connectivity index (χ0n) is 12.3. The van der Waals surface area contributed by atoms with Gasteiger partial charge in [0.25, 0.3) is 0 Å². The second-order valence-electron chi connectivity index (χ2n) is 5.29. The number of thiazole rings is 1. The summed E-state index contributed by atoms with van der Waals surface area (Å²) in [7, 11) is 2.02. The fraction of sp³-hybridized carbons (Fsp3) is 0.438. The molecule has 0 amide bonds. The maximum Gasteiger partial charge on any atom is 0.149 e. The summed E-state index contributed by atoms with van der Waals surface area (Å²) in [5, 5.41) is 5.42. The van der Waals surface area contributed by atoms with Crippen LogP contribution in [-0.2, 0) is 6.42 Å². The molecule has 1 unspecified atom stereocenters. The number of aromatic nitrogens is 1. The molecular formula is C16H22N2S2. The lowest BCUT2D eigenvalue weighted by Gasteiger charge is -2.16. The third kappa shape index (κ3) is 4.62. The van der Waals surface area contributed by atoms with Crippen LogP contribution in [0.3, 0.4) is 0 Å². The molecular weight excluding hydrogens is 284 g/mol. The highest BCUT2D eigenvalue weighted by Crippen LogP contribution is 2.26. The van der Waals surface area contributed by atoms with Crippen LogP contribution in [0, 0.1) is 5.92 Å². The van der Waals surface area contributed by atoms with E-state index in [0.717, 1.165) is 16.5 Å². The standard InChI is InChI=1S/C16H22N2S2/c1-12(2)10-13-4-6-14(7-5-13)15(17-3)11-20-16-18-8-9-19-16/h4-9,12,15,17H,10-11H2,1-3H3. The van der Waals surface area contributed by atoms with Crippen molar-refractivity contribution in [1.82, 2.24) is 10.3 Å². The van der Waals surface area contributed by atoms with Gasteiger partial charge in [0.15, 0.2) is 0 Å². The molecule has 1 aromatic heterocycles. The van der Waals surface area contributed by atoms with Gasteiger partial charge in [0.05, 0.1) is 0 Å². The number of hydrogen-bond donors (Lipinski definition) is 1. The van der Waals surface area contributed by atoms with E-state index in [2.05, 4.69) is 48.4 Å². The Bertz CT molecular complexity index is 492. The van der Waals surface area contributed by atoms with Crippen molar-refractivity contribution >= 4 is 23.1 Å². The van der Waals surface area contributed by atoms with E-state index >= 15 is 0 Å². The average molecular weight is 307 g/mol. The third-order valence-electron chi connectivity index (χ3n) is 3.16. The van der Waals surface area contributed by atoms with Crippen LogP contribution in [-0.4, -0.2) is 17.8 Å². The predicted molar refractivity (Wildman–Crippen MR) is 89.6 cm³/mol. The van der Waals surface area contributed by atoms with Gasteiger partial charge in [0.1, 0.15) is 4.34 Å². The Labute approximate surface area is 130 Å². The third-order valence-corrected chi connectivity index (χ3v) is 5.22. The van der Waals surface area contributed by atoms with E-state index < -0.39 is 0 Å². The molecule has 2 nitrogen and oxygen atoms in total. The fourth-order valence-electron chi connectivity index (χ4n) is 2.14. The summed E-state index contributed by atoms with van der Waals surface area (Å²) in [6.07, 6.45) is 3.01. The van der Waals surface area contributed by atoms with Crippen molar-refractivity contribution < 1.29 is 0 Å². The maximum absolute atomic E-state index is 4.32. The first-order chi connectivity index (χ1) is 9.69. The Balaban J connectivity index is 1.96. The highest BCUT2D eigenvalue weighted by Gasteiger charge is 2.10. The van der Waals surface area contributed by atoms with Gasteiger partial charge in [0, 0.05) is 23.4 Å². The first-order valence-electron chi connectivity index (χ1n) is 6.97. The zero-order chi connectivity index (χ0) is 14.4. The minimum atomic E-state index is 0.372. The lowest BCUT2D eigenvalue weighted by Crippen LogP contribution is -2.18. The molecule has 0 aliphatic heterocycles. The summed E-state index contributed by atoms with van der Waals surface area (Å²) in [6, 6.07) is 9.39. The van der Waals surface area contributed by atoms with E-state index in [0.29, 0.717) is 12.0 Å². The molecule has 1 aromatic carbocycles. The smallest absolute Gasteiger partial charge is 0.149 e. The van der Waals surface area contributed by atoms with Gasteiger partial charge >= 0.3 is 0 Å². The van der Waals surface area contributed by atoms with Crippen LogP contribution in [0.5, 0.6) is 0 Å². The van der Waals surface area contributed by atoms with E-state index in [1.807, 2.05) is 30.4 Å². The van der Waals surface area contributed by atoms with Crippen LogP contribution < -0.4 is 5.32 Å². The van der Waals surface area contributed by atoms with Gasteiger partial charge in [-0.05, 0) is 30.5 Å². The van der Waals surface area contributed by atoms with Crippen molar-refractivity contribution in [1.29, 1.82) is 0 Å². The Kier molecular flexibility index (Phi) is 6.07. The fourth-order valence-corrected chi connectivity index (χ4v) is 3.95. The minimum absolute atomic E-state index is 0.372. The molecule has 0 fully saturated rings. The van der Waals surface area contributed by atoms with Crippen molar-refractivity contribution in [2.45, 2.75) is 30.6 Å². The number of rotatable bonds is 7. The van der Waals surface area contributed by atoms with Gasteiger partial charge in [-0.25, -0.2) is 4.98 Å². The molecule has 108 valence electrons. The van der Waals surface area contributed by atoms with Crippen LogP contribution in [0.25, 0.3) is 0 Å². The summed E-state index contributed by atoms with van der Waals surface area (Å²) in [5.74, 6) is 1.72. The molecule has 1 N–H and O–H groups in total. The monoisotopic (exact) mass is 306 g/mol. The maximum atomic E-state index is 4.32. The van der Waals surface area contributed by atoms with Gasteiger partial charge < -0.3 is 5.32 Å². The molecule has 0 spiro atoms. The Morgan fingerprint density at radius 3 is 2.55 bits per heavy atom. The van der Waals surface area contributed by atoms with E-state index in [-0.39, 0.29) is 0 Å². The normalized spacial score (nSPS) is 12.8. The van der Waals surface area contributed by atoms with Gasteiger partial charge in [0.2, 0.25) is 0 Å². The van der Waals surface area contributed by atoms with Crippen molar-refractivity contribution in [2.24, 2.45) is 5.92 Å². The second-order valence-corrected chi connectivity index (χ2v) is 7.45. The average Bonchev–Trinajstić information content (AvgIpc) is 2.94. The number of nitrogens with zero attached hydrogens (tertiary/aromatic N) is 1. The van der Waals surface area contributed by atoms with E-state index in [4.69, 9.17) is 0 Å². The number of benzene rings is 1. The summed E-state index contributed by atoms with van der Waals surface area (Å²) >= 11 is 3.52. The summed E-state index contributed by atoms with van der Waals surface area (Å²) in [4.78, 5) is 4.32. The minimum Gasteiger partial charge on any atom is -0.312 e. The largest absolute Gasteiger partial charge is 0.312 e. The second kappa shape index (κ2) is 7.81. The van der Waals surface area contributed by atoms with Crippen LogP contribution in [0.2, 0.25) is 0 Å². The molecule has 0 bridgehead atoms. The summed E-state index contributed by atoms with van der Waals surface area (Å²) in [6.45, 7) is 4.52. The first-order valence-corrected chi connectivity index (χ1v) is 8.84. The van der Waals surface area contributed by atoms with Crippen LogP contribution in [0.1, 0.15) is 31.0 Å². The number of thioether (sulfide) groups is 1. The zero-order valence-corrected chi connectivity index (χ0v) is 13.9. The van der Waals surface area contributed by atoms with Crippen LogP contribution in [0.15, 0.2) is 40.2 Å². The molecule has 2 rings (SSSR count). The van der Waals surface area contributed by atoms with Crippen molar-refractivity contribution in [3.63, 3.8) is 0 Å². The molecule has 4 heteroatoms. The van der Waals surface area contributed by atoms with Crippen molar-refractivity contribution in [2.75, 3.05) is 12.8 Å². The van der Waals surface area contributed by atoms with Crippen LogP contribution in [0.4, 0.5) is 0 Å². The number of hydrogen-bond acceptors (Lipinski definition) is 4. The molecule has 1 atom stereocenters. The lowest BCUT2D eigenvalue weighted by molar-refractivity contribution is 0.643. The quantitative estimate of drug-likeness (QED) is 0.768. The van der Waals surface area contributed by atoms with E-state index in [1.54, 1.807) is 11.3 Å². The SMILES string of the molecule is CNC(CSc1nccs1)c1ccc(CC(C)C)cc1. The molecule has 0 saturated heterocycles. The highest BCUT2D eigenvalue weighted by atomic mass is 32.2. The Hall–Kier alpha value is -0.840. The van der Waals surface area contributed by atoms with Gasteiger partial charge in [-0.2, -0.15) is 0 Å². The Morgan fingerprint density at radius 1 is 1.25 bits per heavy atom. The van der Waals surface area contributed by atoms with Crippen molar-refractivity contribution in [3.05, 3.63) is 47.0 Å². The molecule has 0 saturated carbocycles. The van der Waals surface area contributed by atoms with Crippen molar-refractivity contribution in [3.8, 4) is 0 Å². The lowest BCUT2D eigenvalue weighted by atomic mass is 10.00. The molecule has 0 aliphatic rings.